The molecule has 0 aliphatic carbocycles. The van der Waals surface area contributed by atoms with E-state index < -0.39 is 11.8 Å². The number of thiocarbonyl (C=S) groups is 1. The highest BCUT2D eigenvalue weighted by Gasteiger charge is 2.34. The fourth-order valence-corrected chi connectivity index (χ4v) is 3.82. The van der Waals surface area contributed by atoms with Gasteiger partial charge in [-0.25, -0.2) is 0 Å². The zero-order valence-electron chi connectivity index (χ0n) is 17.6. The van der Waals surface area contributed by atoms with Crippen molar-refractivity contribution >= 4 is 56.8 Å². The molecule has 2 amide bonds. The van der Waals surface area contributed by atoms with Crippen LogP contribution in [0.3, 0.4) is 0 Å². The van der Waals surface area contributed by atoms with Crippen LogP contribution in [0.5, 0.6) is 11.5 Å². The van der Waals surface area contributed by atoms with Crippen molar-refractivity contribution in [2.45, 2.75) is 6.61 Å². The third kappa shape index (κ3) is 5.13. The van der Waals surface area contributed by atoms with Gasteiger partial charge in [0.25, 0.3) is 11.8 Å². The van der Waals surface area contributed by atoms with Crippen LogP contribution in [0.25, 0.3) is 6.08 Å². The summed E-state index contributed by atoms with van der Waals surface area (Å²) >= 11 is 8.63. The Kier molecular flexibility index (Phi) is 6.86. The molecule has 1 aliphatic heterocycles. The SMILES string of the molecule is COc1cc(/C=C2/C(=O)NC(=S)N(c3ccccc3)C2=O)ccc1OCc1ccc(Br)cc1. The number of carbonyl (C=O) groups excluding carboxylic acids is 2. The normalized spacial score (nSPS) is 14.9. The molecule has 0 aromatic heterocycles. The Labute approximate surface area is 204 Å². The summed E-state index contributed by atoms with van der Waals surface area (Å²) in [6, 6.07) is 22.0. The highest BCUT2D eigenvalue weighted by atomic mass is 79.9. The molecular weight excluding hydrogens is 504 g/mol. The van der Waals surface area contributed by atoms with Crippen LogP contribution in [0.15, 0.2) is 82.8 Å². The fourth-order valence-electron chi connectivity index (χ4n) is 3.27. The zero-order chi connectivity index (χ0) is 23.4. The van der Waals surface area contributed by atoms with Crippen LogP contribution in [-0.2, 0) is 16.2 Å². The average Bonchev–Trinajstić information content (AvgIpc) is 2.82. The van der Waals surface area contributed by atoms with E-state index in [1.807, 2.05) is 30.3 Å². The molecular formula is C25H19BrN2O4S. The number of amides is 2. The van der Waals surface area contributed by atoms with E-state index in [4.69, 9.17) is 21.7 Å². The summed E-state index contributed by atoms with van der Waals surface area (Å²) < 4.78 is 12.4. The number of carbonyl (C=O) groups is 2. The molecule has 6 nitrogen and oxygen atoms in total. The predicted molar refractivity (Wildman–Crippen MR) is 134 cm³/mol. The number of benzene rings is 3. The molecule has 1 aliphatic rings. The van der Waals surface area contributed by atoms with Gasteiger partial charge in [-0.05, 0) is 65.8 Å². The maximum atomic E-state index is 13.1. The first-order valence-corrected chi connectivity index (χ1v) is 11.2. The summed E-state index contributed by atoms with van der Waals surface area (Å²) in [5.74, 6) is -0.00848. The Morgan fingerprint density at radius 2 is 1.73 bits per heavy atom. The number of ether oxygens (including phenoxy) is 2. The Hall–Kier alpha value is -3.49. The van der Waals surface area contributed by atoms with E-state index >= 15 is 0 Å². The van der Waals surface area contributed by atoms with Crippen LogP contribution in [0.2, 0.25) is 0 Å². The minimum atomic E-state index is -0.549. The summed E-state index contributed by atoms with van der Waals surface area (Å²) in [5.41, 5.74) is 2.17. The number of methoxy groups -OCH3 is 1. The van der Waals surface area contributed by atoms with Crippen molar-refractivity contribution in [2.24, 2.45) is 0 Å². The molecule has 166 valence electrons. The molecule has 1 heterocycles. The number of halogens is 1. The standard InChI is InChI=1S/C25H19BrN2O4S/c1-31-22-14-17(9-12-21(22)32-15-16-7-10-18(26)11-8-16)13-20-23(29)27-25(33)28(24(20)30)19-5-3-2-4-6-19/h2-14H,15H2,1H3,(H,27,29,33)/b20-13-. The first kappa shape index (κ1) is 22.7. The van der Waals surface area contributed by atoms with Gasteiger partial charge in [-0.1, -0.05) is 52.3 Å². The van der Waals surface area contributed by atoms with Crippen molar-refractivity contribution in [3.8, 4) is 11.5 Å². The van der Waals surface area contributed by atoms with E-state index in [0.29, 0.717) is 29.4 Å². The number of nitrogens with one attached hydrogen (secondary N) is 1. The van der Waals surface area contributed by atoms with Crippen molar-refractivity contribution in [3.63, 3.8) is 0 Å². The first-order chi connectivity index (χ1) is 16.0. The van der Waals surface area contributed by atoms with Crippen LogP contribution < -0.4 is 19.7 Å². The molecule has 8 heteroatoms. The number of para-hydroxylation sites is 1. The third-order valence-corrected chi connectivity index (χ3v) is 5.74. The molecule has 3 aromatic carbocycles. The molecule has 0 unspecified atom stereocenters. The van der Waals surface area contributed by atoms with Crippen molar-refractivity contribution in [3.05, 3.63) is 94.0 Å². The molecule has 0 bridgehead atoms. The van der Waals surface area contributed by atoms with Gasteiger partial charge in [-0.2, -0.15) is 0 Å². The number of hydrogen-bond acceptors (Lipinski definition) is 5. The van der Waals surface area contributed by atoms with Crippen molar-refractivity contribution in [1.29, 1.82) is 0 Å². The highest BCUT2D eigenvalue weighted by molar-refractivity contribution is 9.10. The van der Waals surface area contributed by atoms with Gasteiger partial charge in [0, 0.05) is 4.47 Å². The van der Waals surface area contributed by atoms with E-state index in [0.717, 1.165) is 10.0 Å². The second-order valence-corrected chi connectivity index (χ2v) is 8.42. The lowest BCUT2D eigenvalue weighted by Gasteiger charge is -2.28. The molecule has 4 rings (SSSR count). The van der Waals surface area contributed by atoms with Gasteiger partial charge in [-0.3, -0.25) is 19.8 Å². The average molecular weight is 523 g/mol. The van der Waals surface area contributed by atoms with Crippen molar-refractivity contribution < 1.29 is 19.1 Å². The maximum Gasteiger partial charge on any atom is 0.270 e. The molecule has 0 saturated carbocycles. The Bertz CT molecular complexity index is 1240. The minimum absolute atomic E-state index is 0.0296. The van der Waals surface area contributed by atoms with Gasteiger partial charge >= 0.3 is 0 Å². The Morgan fingerprint density at radius 1 is 1.00 bits per heavy atom. The molecule has 0 atom stereocenters. The number of nitrogens with zero attached hydrogens (tertiary/aromatic N) is 1. The molecule has 33 heavy (non-hydrogen) atoms. The summed E-state index contributed by atoms with van der Waals surface area (Å²) in [4.78, 5) is 26.9. The van der Waals surface area contributed by atoms with E-state index in [2.05, 4.69) is 21.2 Å². The van der Waals surface area contributed by atoms with E-state index in [9.17, 15) is 9.59 Å². The first-order valence-electron chi connectivity index (χ1n) is 9.98. The van der Waals surface area contributed by atoms with Crippen LogP contribution >= 0.6 is 28.1 Å². The van der Waals surface area contributed by atoms with Crippen LogP contribution in [0.4, 0.5) is 5.69 Å². The molecule has 1 fully saturated rings. The lowest BCUT2D eigenvalue weighted by atomic mass is 10.1. The smallest absolute Gasteiger partial charge is 0.270 e. The largest absolute Gasteiger partial charge is 0.493 e. The summed E-state index contributed by atoms with van der Waals surface area (Å²) in [6.07, 6.45) is 1.51. The number of anilines is 1. The third-order valence-electron chi connectivity index (χ3n) is 4.92. The lowest BCUT2D eigenvalue weighted by Crippen LogP contribution is -2.54. The van der Waals surface area contributed by atoms with Crippen LogP contribution in [-0.4, -0.2) is 24.0 Å². The summed E-state index contributed by atoms with van der Waals surface area (Å²) in [7, 11) is 1.53. The lowest BCUT2D eigenvalue weighted by molar-refractivity contribution is -0.122. The topological polar surface area (TPSA) is 67.9 Å². The monoisotopic (exact) mass is 522 g/mol. The summed E-state index contributed by atoms with van der Waals surface area (Å²) in [6.45, 7) is 0.369. The van der Waals surface area contributed by atoms with E-state index in [1.54, 1.807) is 42.5 Å². The van der Waals surface area contributed by atoms with Crippen molar-refractivity contribution in [2.75, 3.05) is 12.0 Å². The summed E-state index contributed by atoms with van der Waals surface area (Å²) in [5, 5.41) is 2.63. The van der Waals surface area contributed by atoms with Crippen molar-refractivity contribution in [1.82, 2.24) is 5.32 Å². The number of rotatable bonds is 6. The molecule has 3 aromatic rings. The second-order valence-electron chi connectivity index (χ2n) is 7.12. The molecule has 1 saturated heterocycles. The second kappa shape index (κ2) is 9.97. The van der Waals surface area contributed by atoms with Gasteiger partial charge in [0.15, 0.2) is 16.6 Å². The van der Waals surface area contributed by atoms with Crippen LogP contribution in [0, 0.1) is 0 Å². The zero-order valence-corrected chi connectivity index (χ0v) is 20.0. The van der Waals surface area contributed by atoms with E-state index in [1.165, 1.54) is 18.1 Å². The highest BCUT2D eigenvalue weighted by Crippen LogP contribution is 2.30. The van der Waals surface area contributed by atoms with Gasteiger partial charge < -0.3 is 9.47 Å². The van der Waals surface area contributed by atoms with Gasteiger partial charge in [0.2, 0.25) is 0 Å². The van der Waals surface area contributed by atoms with Gasteiger partial charge in [-0.15, -0.1) is 0 Å². The predicted octanol–water partition coefficient (Wildman–Crippen LogP) is 4.87. The van der Waals surface area contributed by atoms with Gasteiger partial charge in [0.1, 0.15) is 12.2 Å². The van der Waals surface area contributed by atoms with Crippen LogP contribution in [0.1, 0.15) is 11.1 Å². The number of hydrogen-bond donors (Lipinski definition) is 1. The quantitative estimate of drug-likeness (QED) is 0.284. The van der Waals surface area contributed by atoms with E-state index in [-0.39, 0.29) is 10.7 Å². The Morgan fingerprint density at radius 3 is 2.42 bits per heavy atom. The fraction of sp³-hybridized carbons (Fsp3) is 0.0800. The maximum absolute atomic E-state index is 13.1. The molecule has 1 N–H and O–H groups in total. The van der Waals surface area contributed by atoms with Gasteiger partial charge in [0.05, 0.1) is 12.8 Å². The molecule has 0 radical (unpaired) electrons. The Balaban J connectivity index is 1.58. The molecule has 0 spiro atoms. The minimum Gasteiger partial charge on any atom is -0.493 e.